The lowest BCUT2D eigenvalue weighted by atomic mass is 10.2. The molecule has 21 heavy (non-hydrogen) atoms. The Hall–Kier alpha value is -1.62. The monoisotopic (exact) mass is 303 g/mol. The lowest BCUT2D eigenvalue weighted by molar-refractivity contribution is 0.0699. The third kappa shape index (κ3) is 2.50. The van der Waals surface area contributed by atoms with Crippen LogP contribution in [0.2, 0.25) is 0 Å². The fraction of sp³-hybridized carbons (Fsp3) is 0.500. The Morgan fingerprint density at radius 2 is 2.14 bits per heavy atom. The second-order valence-corrected chi connectivity index (χ2v) is 6.68. The molecular weight excluding hydrogens is 282 g/mol. The number of rotatable bonds is 3. The Balaban J connectivity index is 1.98. The molecule has 0 unspecified atom stereocenters. The first-order valence-corrected chi connectivity index (χ1v) is 8.40. The quantitative estimate of drug-likeness (QED) is 0.942. The topological polar surface area (TPSA) is 59.2 Å². The fourth-order valence-electron chi connectivity index (χ4n) is 3.16. The highest BCUT2D eigenvalue weighted by Gasteiger charge is 2.29. The van der Waals surface area contributed by atoms with E-state index in [9.17, 15) is 4.79 Å². The Bertz CT molecular complexity index is 673. The molecule has 2 heterocycles. The van der Waals surface area contributed by atoms with Crippen molar-refractivity contribution < 1.29 is 4.79 Å². The minimum Gasteiger partial charge on any atom is -0.397 e. The van der Waals surface area contributed by atoms with Crippen molar-refractivity contribution in [3.05, 3.63) is 22.7 Å². The van der Waals surface area contributed by atoms with E-state index in [1.807, 2.05) is 30.9 Å². The maximum absolute atomic E-state index is 12.9. The van der Waals surface area contributed by atoms with Crippen molar-refractivity contribution in [3.63, 3.8) is 0 Å². The maximum Gasteiger partial charge on any atom is 0.266 e. The van der Waals surface area contributed by atoms with Gasteiger partial charge in [-0.15, -0.1) is 11.3 Å². The first kappa shape index (κ1) is 14.3. The molecule has 2 N–H and O–H groups in total. The van der Waals surface area contributed by atoms with Gasteiger partial charge in [0.25, 0.3) is 5.91 Å². The second kappa shape index (κ2) is 5.64. The van der Waals surface area contributed by atoms with Crippen molar-refractivity contribution in [2.75, 3.05) is 12.3 Å². The molecule has 5 heteroatoms. The number of nitrogens with two attached hydrogens (primary N) is 1. The molecule has 2 aromatic rings. The highest BCUT2D eigenvalue weighted by atomic mass is 32.1. The molecule has 0 aromatic carbocycles. The number of carbonyl (C=O) groups excluding carboxylic acids is 1. The van der Waals surface area contributed by atoms with Crippen LogP contribution in [0.5, 0.6) is 0 Å². The molecule has 4 nitrogen and oxygen atoms in total. The van der Waals surface area contributed by atoms with Crippen molar-refractivity contribution >= 4 is 33.1 Å². The number of nitrogen functional groups attached to an aromatic ring is 1. The smallest absolute Gasteiger partial charge is 0.266 e. The van der Waals surface area contributed by atoms with Gasteiger partial charge in [-0.2, -0.15) is 0 Å². The molecule has 0 bridgehead atoms. The molecule has 1 amide bonds. The Morgan fingerprint density at radius 1 is 1.43 bits per heavy atom. The lowest BCUT2D eigenvalue weighted by Gasteiger charge is -2.27. The van der Waals surface area contributed by atoms with E-state index < -0.39 is 0 Å². The van der Waals surface area contributed by atoms with E-state index in [1.54, 1.807) is 0 Å². The van der Waals surface area contributed by atoms with E-state index >= 15 is 0 Å². The summed E-state index contributed by atoms with van der Waals surface area (Å²) in [5.74, 6) is 0.0718. The van der Waals surface area contributed by atoms with Crippen LogP contribution in [0.1, 0.15) is 48.0 Å². The SMILES string of the molecule is CCN(C(=O)c1sc2nc(C)ccc2c1N)C1CCCC1. The molecular formula is C16H21N3OS. The van der Waals surface area contributed by atoms with E-state index in [0.717, 1.165) is 35.3 Å². The van der Waals surface area contributed by atoms with Gasteiger partial charge in [0, 0.05) is 23.7 Å². The van der Waals surface area contributed by atoms with E-state index in [2.05, 4.69) is 4.98 Å². The van der Waals surface area contributed by atoms with Crippen LogP contribution in [0.15, 0.2) is 12.1 Å². The number of thiophene rings is 1. The predicted octanol–water partition coefficient (Wildman–Crippen LogP) is 3.59. The number of nitrogens with zero attached hydrogens (tertiary/aromatic N) is 2. The molecule has 1 aliphatic carbocycles. The van der Waals surface area contributed by atoms with Gasteiger partial charge in [0.15, 0.2) is 0 Å². The average Bonchev–Trinajstić information content (AvgIpc) is 3.08. The first-order chi connectivity index (χ1) is 10.1. The van der Waals surface area contributed by atoms with Crippen molar-refractivity contribution in [2.45, 2.75) is 45.6 Å². The van der Waals surface area contributed by atoms with Crippen LogP contribution in [-0.2, 0) is 0 Å². The van der Waals surface area contributed by atoms with Gasteiger partial charge in [0.05, 0.1) is 5.69 Å². The molecule has 1 aliphatic rings. The van der Waals surface area contributed by atoms with Gasteiger partial charge in [-0.05, 0) is 38.8 Å². The zero-order valence-corrected chi connectivity index (χ0v) is 13.4. The second-order valence-electron chi connectivity index (χ2n) is 5.68. The average molecular weight is 303 g/mol. The van der Waals surface area contributed by atoms with Gasteiger partial charge >= 0.3 is 0 Å². The third-order valence-electron chi connectivity index (χ3n) is 4.29. The molecule has 1 saturated carbocycles. The zero-order valence-electron chi connectivity index (χ0n) is 12.6. The van der Waals surface area contributed by atoms with Gasteiger partial charge in [0.2, 0.25) is 0 Å². The predicted molar refractivity (Wildman–Crippen MR) is 87.7 cm³/mol. The number of hydrogen-bond donors (Lipinski definition) is 1. The van der Waals surface area contributed by atoms with Crippen molar-refractivity contribution in [2.24, 2.45) is 0 Å². The number of aryl methyl sites for hydroxylation is 1. The molecule has 0 spiro atoms. The van der Waals surface area contributed by atoms with Gasteiger partial charge in [-0.25, -0.2) is 4.98 Å². The van der Waals surface area contributed by atoms with Crippen LogP contribution in [-0.4, -0.2) is 28.4 Å². The van der Waals surface area contributed by atoms with E-state index in [-0.39, 0.29) is 5.91 Å². The summed E-state index contributed by atoms with van der Waals surface area (Å²) >= 11 is 1.42. The van der Waals surface area contributed by atoms with Gasteiger partial charge in [-0.3, -0.25) is 4.79 Å². The van der Waals surface area contributed by atoms with Gasteiger partial charge in [0.1, 0.15) is 9.71 Å². The van der Waals surface area contributed by atoms with Crippen molar-refractivity contribution in [1.82, 2.24) is 9.88 Å². The van der Waals surface area contributed by atoms with Crippen LogP contribution < -0.4 is 5.73 Å². The van der Waals surface area contributed by atoms with Crippen molar-refractivity contribution in [1.29, 1.82) is 0 Å². The molecule has 2 aromatic heterocycles. The number of fused-ring (bicyclic) bond motifs is 1. The Labute approximate surface area is 129 Å². The minimum atomic E-state index is 0.0718. The summed E-state index contributed by atoms with van der Waals surface area (Å²) in [6.07, 6.45) is 4.66. The number of hydrogen-bond acceptors (Lipinski definition) is 4. The molecule has 1 fully saturated rings. The maximum atomic E-state index is 12.9. The molecule has 0 saturated heterocycles. The summed E-state index contributed by atoms with van der Waals surface area (Å²) in [6, 6.07) is 4.28. The number of anilines is 1. The van der Waals surface area contributed by atoms with Crippen LogP contribution in [0, 0.1) is 6.92 Å². The van der Waals surface area contributed by atoms with Crippen molar-refractivity contribution in [3.8, 4) is 0 Å². The largest absolute Gasteiger partial charge is 0.397 e. The molecule has 0 atom stereocenters. The third-order valence-corrected chi connectivity index (χ3v) is 5.40. The van der Waals surface area contributed by atoms with Crippen LogP contribution in [0.3, 0.4) is 0 Å². The van der Waals surface area contributed by atoms with Crippen LogP contribution in [0.4, 0.5) is 5.69 Å². The summed E-state index contributed by atoms with van der Waals surface area (Å²) in [4.78, 5) is 20.9. The molecule has 112 valence electrons. The van der Waals surface area contributed by atoms with E-state index in [4.69, 9.17) is 5.73 Å². The summed E-state index contributed by atoms with van der Waals surface area (Å²) in [7, 11) is 0. The highest BCUT2D eigenvalue weighted by molar-refractivity contribution is 7.21. The first-order valence-electron chi connectivity index (χ1n) is 7.58. The van der Waals surface area contributed by atoms with E-state index in [0.29, 0.717) is 16.6 Å². The molecule has 3 rings (SSSR count). The Morgan fingerprint density at radius 3 is 2.81 bits per heavy atom. The van der Waals surface area contributed by atoms with Gasteiger partial charge in [-0.1, -0.05) is 12.8 Å². The number of amides is 1. The molecule has 0 radical (unpaired) electrons. The normalized spacial score (nSPS) is 15.7. The highest BCUT2D eigenvalue weighted by Crippen LogP contribution is 2.35. The Kier molecular flexibility index (Phi) is 3.85. The summed E-state index contributed by atoms with van der Waals surface area (Å²) < 4.78 is 0. The summed E-state index contributed by atoms with van der Waals surface area (Å²) in [5.41, 5.74) is 7.74. The fourth-order valence-corrected chi connectivity index (χ4v) is 4.26. The van der Waals surface area contributed by atoms with E-state index in [1.165, 1.54) is 24.2 Å². The lowest BCUT2D eigenvalue weighted by Crippen LogP contribution is -2.38. The number of aromatic nitrogens is 1. The minimum absolute atomic E-state index is 0.0718. The number of pyridine rings is 1. The van der Waals surface area contributed by atoms with Crippen LogP contribution in [0.25, 0.3) is 10.2 Å². The number of carbonyl (C=O) groups is 1. The summed E-state index contributed by atoms with van der Waals surface area (Å²) in [5, 5.41) is 0.899. The zero-order chi connectivity index (χ0) is 15.0. The van der Waals surface area contributed by atoms with Gasteiger partial charge < -0.3 is 10.6 Å². The summed E-state index contributed by atoms with van der Waals surface area (Å²) in [6.45, 7) is 4.74. The van der Waals surface area contributed by atoms with Crippen LogP contribution >= 0.6 is 11.3 Å². The standard InChI is InChI=1S/C16H21N3OS/c1-3-19(11-6-4-5-7-11)16(20)14-13(17)12-9-8-10(2)18-15(12)21-14/h8-9,11H,3-7,17H2,1-2H3. The molecule has 0 aliphatic heterocycles.